The van der Waals surface area contributed by atoms with Gasteiger partial charge >= 0.3 is 6.18 Å². The first-order valence-corrected chi connectivity index (χ1v) is 12.2. The maximum absolute atomic E-state index is 13.0. The predicted octanol–water partition coefficient (Wildman–Crippen LogP) is 6.07. The van der Waals surface area contributed by atoms with E-state index in [2.05, 4.69) is 15.6 Å². The number of carbonyl (C=O) groups excluding carboxylic acids is 1. The highest BCUT2D eigenvalue weighted by Gasteiger charge is 2.34. The average molecular weight is 512 g/mol. The zero-order chi connectivity index (χ0) is 26.9. The lowest BCUT2D eigenvalue weighted by Crippen LogP contribution is -2.49. The number of nitrogens with zero attached hydrogens (tertiary/aromatic N) is 3. The van der Waals surface area contributed by atoms with Gasteiger partial charge in [-0.05, 0) is 42.2 Å². The lowest BCUT2D eigenvalue weighted by molar-refractivity contribution is -0.137. The molecule has 6 nitrogen and oxygen atoms in total. The number of nitrogens with one attached hydrogen (secondary N) is 2. The summed E-state index contributed by atoms with van der Waals surface area (Å²) in [6, 6.07) is 15.0. The normalized spacial score (nSPS) is 15.4. The maximum atomic E-state index is 13.0. The molecule has 0 fully saturated rings. The topological polar surface area (TPSA) is 60.5 Å². The summed E-state index contributed by atoms with van der Waals surface area (Å²) in [6.45, 7) is 6.97. The van der Waals surface area contributed by atoms with Crippen LogP contribution in [0.15, 0.2) is 54.6 Å². The van der Waals surface area contributed by atoms with Crippen molar-refractivity contribution in [2.24, 2.45) is 5.92 Å². The molecule has 1 aliphatic heterocycles. The Balaban J connectivity index is 1.41. The zero-order valence-corrected chi connectivity index (χ0v) is 21.6. The lowest BCUT2D eigenvalue weighted by atomic mass is 9.98. The summed E-state index contributed by atoms with van der Waals surface area (Å²) in [5, 5.41) is 6.37. The number of hydrogen-bond donors (Lipinski definition) is 2. The summed E-state index contributed by atoms with van der Waals surface area (Å²) >= 11 is 0. The Labute approximate surface area is 215 Å². The molecule has 1 amide bonds. The first-order chi connectivity index (χ1) is 17.4. The van der Waals surface area contributed by atoms with E-state index in [1.54, 1.807) is 18.0 Å². The Bertz CT molecular complexity index is 1270. The monoisotopic (exact) mass is 511 g/mol. The Morgan fingerprint density at radius 1 is 1.11 bits per heavy atom. The van der Waals surface area contributed by atoms with Crippen LogP contribution in [0.25, 0.3) is 0 Å². The molecule has 3 aromatic rings. The minimum Gasteiger partial charge on any atom is -0.370 e. The van der Waals surface area contributed by atoms with Crippen LogP contribution in [-0.2, 0) is 24.1 Å². The number of aryl methyl sites for hydroxylation is 1. The number of anilines is 4. The molecule has 4 rings (SSSR count). The quantitative estimate of drug-likeness (QED) is 0.403. The van der Waals surface area contributed by atoms with E-state index in [1.807, 2.05) is 63.1 Å². The molecule has 2 aromatic carbocycles. The molecule has 2 N–H and O–H groups in total. The van der Waals surface area contributed by atoms with Crippen molar-refractivity contribution in [3.05, 3.63) is 77.0 Å². The van der Waals surface area contributed by atoms with Gasteiger partial charge in [-0.2, -0.15) is 13.2 Å². The summed E-state index contributed by atoms with van der Waals surface area (Å²) in [6.07, 6.45) is -4.36. The third-order valence-corrected chi connectivity index (χ3v) is 6.66. The fourth-order valence-corrected chi connectivity index (χ4v) is 4.69. The van der Waals surface area contributed by atoms with Crippen LogP contribution >= 0.6 is 0 Å². The minimum atomic E-state index is -4.36. The number of hydrogen-bond acceptors (Lipinski definition) is 5. The van der Waals surface area contributed by atoms with Crippen LogP contribution in [0.3, 0.4) is 0 Å². The summed E-state index contributed by atoms with van der Waals surface area (Å²) in [5.74, 6) is 0.860. The van der Waals surface area contributed by atoms with Gasteiger partial charge in [-0.3, -0.25) is 4.79 Å². The van der Waals surface area contributed by atoms with Crippen molar-refractivity contribution < 1.29 is 18.0 Å². The fourth-order valence-electron chi connectivity index (χ4n) is 4.69. The van der Waals surface area contributed by atoms with E-state index in [4.69, 9.17) is 0 Å². The predicted molar refractivity (Wildman–Crippen MR) is 142 cm³/mol. The SMILES string of the molecule is Cc1nc(NCc2ccc(CN(C)c3cccc(C(F)(F)F)c3)cc2)cc2c1NC(=O)C(C(C)C)N2C. The highest BCUT2D eigenvalue weighted by Crippen LogP contribution is 2.37. The van der Waals surface area contributed by atoms with Crippen LogP contribution in [0, 0.1) is 12.8 Å². The highest BCUT2D eigenvalue weighted by molar-refractivity contribution is 6.04. The lowest BCUT2D eigenvalue weighted by Gasteiger charge is -2.38. The van der Waals surface area contributed by atoms with Crippen LogP contribution in [-0.4, -0.2) is 31.0 Å². The standard InChI is InChI=1S/C28H32F3N5O/c1-17(2)26-27(37)34-25-18(3)33-24(14-23(25)36(26)5)32-15-19-9-11-20(12-10-19)16-35(4)22-8-6-7-21(13-22)28(29,30)31/h6-14,17,26H,15-16H2,1-5H3,(H,32,33)(H,34,37). The Hall–Kier alpha value is -3.75. The molecule has 9 heteroatoms. The van der Waals surface area contributed by atoms with Gasteiger partial charge in [-0.1, -0.05) is 44.2 Å². The third-order valence-electron chi connectivity index (χ3n) is 6.66. The van der Waals surface area contributed by atoms with E-state index in [1.165, 1.54) is 6.07 Å². The Kier molecular flexibility index (Phi) is 7.34. The molecule has 0 radical (unpaired) electrons. The number of halogens is 3. The molecule has 0 saturated carbocycles. The minimum absolute atomic E-state index is 0.0191. The largest absolute Gasteiger partial charge is 0.416 e. The fraction of sp³-hybridized carbons (Fsp3) is 0.357. The van der Waals surface area contributed by atoms with Crippen molar-refractivity contribution in [3.63, 3.8) is 0 Å². The van der Waals surface area contributed by atoms with Gasteiger partial charge in [-0.15, -0.1) is 0 Å². The second-order valence-corrected chi connectivity index (χ2v) is 9.85. The summed E-state index contributed by atoms with van der Waals surface area (Å²) < 4.78 is 39.1. The molecular formula is C28H32F3N5O. The first-order valence-electron chi connectivity index (χ1n) is 12.2. The molecule has 37 heavy (non-hydrogen) atoms. The van der Waals surface area contributed by atoms with E-state index in [9.17, 15) is 18.0 Å². The number of amides is 1. The number of alkyl halides is 3. The van der Waals surface area contributed by atoms with E-state index in [0.29, 0.717) is 18.8 Å². The number of aromatic nitrogens is 1. The number of fused-ring (bicyclic) bond motifs is 1. The van der Waals surface area contributed by atoms with E-state index >= 15 is 0 Å². The number of benzene rings is 2. The van der Waals surface area contributed by atoms with Gasteiger partial charge < -0.3 is 20.4 Å². The molecule has 1 aromatic heterocycles. The summed E-state index contributed by atoms with van der Waals surface area (Å²) in [7, 11) is 3.71. The van der Waals surface area contributed by atoms with Crippen molar-refractivity contribution in [1.82, 2.24) is 4.98 Å². The van der Waals surface area contributed by atoms with Gasteiger partial charge in [0.2, 0.25) is 5.91 Å². The van der Waals surface area contributed by atoms with E-state index in [-0.39, 0.29) is 17.9 Å². The highest BCUT2D eigenvalue weighted by atomic mass is 19.4. The molecule has 196 valence electrons. The van der Waals surface area contributed by atoms with Crippen LogP contribution in [0.1, 0.15) is 36.2 Å². The van der Waals surface area contributed by atoms with E-state index in [0.717, 1.165) is 46.1 Å². The molecule has 1 aliphatic rings. The Morgan fingerprint density at radius 3 is 2.43 bits per heavy atom. The van der Waals surface area contributed by atoms with Crippen LogP contribution in [0.4, 0.5) is 36.1 Å². The summed E-state index contributed by atoms with van der Waals surface area (Å²) in [4.78, 5) is 21.0. The number of carbonyl (C=O) groups is 1. The van der Waals surface area contributed by atoms with Crippen molar-refractivity contribution in [3.8, 4) is 0 Å². The van der Waals surface area contributed by atoms with Crippen molar-refractivity contribution >= 4 is 28.8 Å². The number of likely N-dealkylation sites (N-methyl/N-ethyl adjacent to an activating group) is 1. The van der Waals surface area contributed by atoms with Crippen LogP contribution < -0.4 is 20.4 Å². The van der Waals surface area contributed by atoms with Crippen LogP contribution in [0.2, 0.25) is 0 Å². The van der Waals surface area contributed by atoms with Gasteiger partial charge in [0.1, 0.15) is 11.9 Å². The van der Waals surface area contributed by atoms with Gasteiger partial charge in [-0.25, -0.2) is 4.98 Å². The van der Waals surface area contributed by atoms with Gasteiger partial charge in [0.15, 0.2) is 0 Å². The second kappa shape index (κ2) is 10.3. The molecule has 0 aliphatic carbocycles. The number of rotatable bonds is 7. The maximum Gasteiger partial charge on any atom is 0.416 e. The average Bonchev–Trinajstić information content (AvgIpc) is 2.84. The first kappa shape index (κ1) is 26.3. The van der Waals surface area contributed by atoms with Gasteiger partial charge in [0.25, 0.3) is 0 Å². The smallest absolute Gasteiger partial charge is 0.370 e. The number of pyridine rings is 1. The molecule has 1 atom stereocenters. The van der Waals surface area contributed by atoms with Gasteiger partial charge in [0.05, 0.1) is 22.6 Å². The molecule has 0 bridgehead atoms. The van der Waals surface area contributed by atoms with Gasteiger partial charge in [0, 0.05) is 38.9 Å². The Morgan fingerprint density at radius 2 is 1.78 bits per heavy atom. The summed E-state index contributed by atoms with van der Waals surface area (Å²) in [5.41, 5.74) is 4.31. The van der Waals surface area contributed by atoms with E-state index < -0.39 is 11.7 Å². The zero-order valence-electron chi connectivity index (χ0n) is 21.6. The van der Waals surface area contributed by atoms with Crippen molar-refractivity contribution in [2.45, 2.75) is 46.1 Å². The van der Waals surface area contributed by atoms with Crippen LogP contribution in [0.5, 0.6) is 0 Å². The molecule has 2 heterocycles. The second-order valence-electron chi connectivity index (χ2n) is 9.85. The molecule has 1 unspecified atom stereocenters. The van der Waals surface area contributed by atoms with Crippen molar-refractivity contribution in [1.29, 1.82) is 0 Å². The molecule has 0 saturated heterocycles. The van der Waals surface area contributed by atoms with Crippen molar-refractivity contribution in [2.75, 3.05) is 34.5 Å². The molecular weight excluding hydrogens is 479 g/mol. The molecule has 0 spiro atoms. The third kappa shape index (κ3) is 5.81.